The maximum absolute atomic E-state index is 10.9. The first-order valence-corrected chi connectivity index (χ1v) is 4.31. The Hall–Kier alpha value is -1.35. The van der Waals surface area contributed by atoms with E-state index in [-0.39, 0.29) is 6.04 Å². The fourth-order valence-electron chi connectivity index (χ4n) is 1.91. The van der Waals surface area contributed by atoms with Crippen LogP contribution in [0.1, 0.15) is 33.9 Å². The molecule has 3 N–H and O–H groups in total. The molecule has 0 spiro atoms. The van der Waals surface area contributed by atoms with Gasteiger partial charge in [0.25, 0.3) is 0 Å². The number of carboxylic acid groups (broad SMARTS) is 1. The van der Waals surface area contributed by atoms with Crippen molar-refractivity contribution >= 4 is 5.97 Å². The van der Waals surface area contributed by atoms with Crippen LogP contribution < -0.4 is 5.73 Å². The van der Waals surface area contributed by atoms with E-state index in [0.29, 0.717) is 5.56 Å². The zero-order chi connectivity index (χ0) is 9.42. The highest BCUT2D eigenvalue weighted by molar-refractivity contribution is 5.90. The van der Waals surface area contributed by atoms with Crippen LogP contribution in [0.3, 0.4) is 0 Å². The Kier molecular flexibility index (Phi) is 1.81. The highest BCUT2D eigenvalue weighted by Crippen LogP contribution is 2.31. The Morgan fingerprint density at radius 2 is 2.31 bits per heavy atom. The average Bonchev–Trinajstić information content (AvgIpc) is 2.48. The maximum Gasteiger partial charge on any atom is 0.336 e. The molecule has 13 heavy (non-hydrogen) atoms. The molecule has 1 aromatic carbocycles. The van der Waals surface area contributed by atoms with Crippen molar-refractivity contribution in [1.29, 1.82) is 0 Å². The lowest BCUT2D eigenvalue weighted by Gasteiger charge is -2.07. The van der Waals surface area contributed by atoms with Gasteiger partial charge in [-0.1, -0.05) is 12.1 Å². The van der Waals surface area contributed by atoms with Crippen LogP contribution in [0.15, 0.2) is 18.2 Å². The van der Waals surface area contributed by atoms with E-state index < -0.39 is 5.97 Å². The van der Waals surface area contributed by atoms with Crippen LogP contribution in [0.5, 0.6) is 0 Å². The third-order valence-electron chi connectivity index (χ3n) is 2.52. The van der Waals surface area contributed by atoms with E-state index in [1.165, 1.54) is 0 Å². The summed E-state index contributed by atoms with van der Waals surface area (Å²) in [5.74, 6) is -0.880. The number of nitrogens with two attached hydrogens (primary N) is 1. The standard InChI is InChI=1S/C10H11NO2/c11-8-5-4-6-2-1-3-7(9(6)8)10(12)13/h1-3,8H,4-5,11H2,(H,12,13)/t8-/m1/s1. The normalized spacial score (nSPS) is 19.9. The van der Waals surface area contributed by atoms with Crippen molar-refractivity contribution in [3.63, 3.8) is 0 Å². The number of aryl methyl sites for hydroxylation is 1. The molecule has 0 saturated carbocycles. The van der Waals surface area contributed by atoms with Crippen LogP contribution >= 0.6 is 0 Å². The number of carboxylic acids is 1. The molecule has 3 heteroatoms. The number of fused-ring (bicyclic) bond motifs is 1. The van der Waals surface area contributed by atoms with Gasteiger partial charge in [-0.15, -0.1) is 0 Å². The monoisotopic (exact) mass is 177 g/mol. The summed E-state index contributed by atoms with van der Waals surface area (Å²) in [6.45, 7) is 0. The summed E-state index contributed by atoms with van der Waals surface area (Å²) < 4.78 is 0. The first-order chi connectivity index (χ1) is 6.20. The molecule has 0 saturated heterocycles. The van der Waals surface area contributed by atoms with Crippen LogP contribution in [0.4, 0.5) is 0 Å². The number of aromatic carboxylic acids is 1. The van der Waals surface area contributed by atoms with Gasteiger partial charge < -0.3 is 10.8 Å². The molecule has 0 amide bonds. The third-order valence-corrected chi connectivity index (χ3v) is 2.52. The molecule has 0 unspecified atom stereocenters. The zero-order valence-corrected chi connectivity index (χ0v) is 7.16. The molecule has 1 atom stereocenters. The largest absolute Gasteiger partial charge is 0.478 e. The van der Waals surface area contributed by atoms with E-state index in [4.69, 9.17) is 10.8 Å². The van der Waals surface area contributed by atoms with Gasteiger partial charge in [0.15, 0.2) is 0 Å². The molecular formula is C10H11NO2. The minimum absolute atomic E-state index is 0.0951. The Labute approximate surface area is 76.2 Å². The lowest BCUT2D eigenvalue weighted by molar-refractivity contribution is 0.0695. The van der Waals surface area contributed by atoms with Crippen molar-refractivity contribution in [2.24, 2.45) is 5.73 Å². The number of carbonyl (C=O) groups is 1. The molecule has 0 aromatic heterocycles. The van der Waals surface area contributed by atoms with Crippen LogP contribution in [-0.4, -0.2) is 11.1 Å². The molecule has 1 aliphatic carbocycles. The van der Waals surface area contributed by atoms with Crippen LogP contribution in [-0.2, 0) is 6.42 Å². The van der Waals surface area contributed by atoms with Gasteiger partial charge in [0.05, 0.1) is 5.56 Å². The van der Waals surface area contributed by atoms with Gasteiger partial charge in [0.2, 0.25) is 0 Å². The number of hydrogen-bond acceptors (Lipinski definition) is 2. The first kappa shape index (κ1) is 8.26. The molecule has 0 aliphatic heterocycles. The molecule has 0 fully saturated rings. The summed E-state index contributed by atoms with van der Waals surface area (Å²) in [6, 6.07) is 5.25. The molecule has 0 radical (unpaired) electrons. The van der Waals surface area contributed by atoms with Gasteiger partial charge in [0, 0.05) is 6.04 Å². The van der Waals surface area contributed by atoms with Gasteiger partial charge in [-0.2, -0.15) is 0 Å². The first-order valence-electron chi connectivity index (χ1n) is 4.31. The van der Waals surface area contributed by atoms with Gasteiger partial charge in [-0.05, 0) is 30.0 Å². The lowest BCUT2D eigenvalue weighted by atomic mass is 10.0. The van der Waals surface area contributed by atoms with Crippen molar-refractivity contribution in [1.82, 2.24) is 0 Å². The molecule has 1 aromatic rings. The molecule has 2 rings (SSSR count). The van der Waals surface area contributed by atoms with E-state index >= 15 is 0 Å². The molecule has 1 aliphatic rings. The van der Waals surface area contributed by atoms with Crippen LogP contribution in [0.2, 0.25) is 0 Å². The summed E-state index contributed by atoms with van der Waals surface area (Å²) in [4.78, 5) is 10.9. The number of rotatable bonds is 1. The van der Waals surface area contributed by atoms with Crippen molar-refractivity contribution in [3.05, 3.63) is 34.9 Å². The predicted molar refractivity (Wildman–Crippen MR) is 48.7 cm³/mol. The summed E-state index contributed by atoms with van der Waals surface area (Å²) in [5.41, 5.74) is 8.10. The smallest absolute Gasteiger partial charge is 0.336 e. The minimum atomic E-state index is -0.880. The van der Waals surface area contributed by atoms with Crippen molar-refractivity contribution in [3.8, 4) is 0 Å². The van der Waals surface area contributed by atoms with E-state index in [2.05, 4.69) is 0 Å². The number of benzene rings is 1. The second kappa shape index (κ2) is 2.85. The number of hydrogen-bond donors (Lipinski definition) is 2. The van der Waals surface area contributed by atoms with Crippen molar-refractivity contribution in [2.45, 2.75) is 18.9 Å². The van der Waals surface area contributed by atoms with E-state index in [1.54, 1.807) is 12.1 Å². The molecular weight excluding hydrogens is 166 g/mol. The van der Waals surface area contributed by atoms with Gasteiger partial charge in [-0.25, -0.2) is 4.79 Å². The Balaban J connectivity index is 2.60. The molecule has 3 nitrogen and oxygen atoms in total. The predicted octanol–water partition coefficient (Wildman–Crippen LogP) is 1.33. The third kappa shape index (κ3) is 1.21. The van der Waals surface area contributed by atoms with E-state index in [9.17, 15) is 4.79 Å². The zero-order valence-electron chi connectivity index (χ0n) is 7.16. The second-order valence-corrected chi connectivity index (χ2v) is 3.33. The van der Waals surface area contributed by atoms with Gasteiger partial charge in [0.1, 0.15) is 0 Å². The highest BCUT2D eigenvalue weighted by Gasteiger charge is 2.24. The summed E-state index contributed by atoms with van der Waals surface area (Å²) >= 11 is 0. The second-order valence-electron chi connectivity index (χ2n) is 3.33. The average molecular weight is 177 g/mol. The minimum Gasteiger partial charge on any atom is -0.478 e. The lowest BCUT2D eigenvalue weighted by Crippen LogP contribution is -2.11. The van der Waals surface area contributed by atoms with Gasteiger partial charge in [-0.3, -0.25) is 0 Å². The van der Waals surface area contributed by atoms with Crippen molar-refractivity contribution in [2.75, 3.05) is 0 Å². The summed E-state index contributed by atoms with van der Waals surface area (Å²) in [5, 5.41) is 8.91. The van der Waals surface area contributed by atoms with E-state index in [1.807, 2.05) is 6.07 Å². The SMILES string of the molecule is N[C@@H]1CCc2cccc(C(=O)O)c21. The van der Waals surface area contributed by atoms with Crippen LogP contribution in [0, 0.1) is 0 Å². The highest BCUT2D eigenvalue weighted by atomic mass is 16.4. The quantitative estimate of drug-likeness (QED) is 0.680. The Bertz CT molecular complexity index is 360. The fourth-order valence-corrected chi connectivity index (χ4v) is 1.91. The summed E-state index contributed by atoms with van der Waals surface area (Å²) in [7, 11) is 0. The molecule has 0 heterocycles. The molecule has 0 bridgehead atoms. The van der Waals surface area contributed by atoms with Gasteiger partial charge >= 0.3 is 5.97 Å². The maximum atomic E-state index is 10.9. The summed E-state index contributed by atoms with van der Waals surface area (Å²) in [6.07, 6.45) is 1.76. The van der Waals surface area contributed by atoms with Crippen molar-refractivity contribution < 1.29 is 9.90 Å². The Morgan fingerprint density at radius 3 is 3.00 bits per heavy atom. The molecule has 68 valence electrons. The topological polar surface area (TPSA) is 63.3 Å². The van der Waals surface area contributed by atoms with E-state index in [0.717, 1.165) is 24.0 Å². The van der Waals surface area contributed by atoms with Crippen LogP contribution in [0.25, 0.3) is 0 Å². The fraction of sp³-hybridized carbons (Fsp3) is 0.300. The Morgan fingerprint density at radius 1 is 1.54 bits per heavy atom.